The molecule has 2 unspecified atom stereocenters. The molecule has 2 heterocycles. The van der Waals surface area contributed by atoms with Crippen LogP contribution in [0, 0.1) is 5.92 Å². The number of carbonyl (C=O) groups excluding carboxylic acids is 2. The smallest absolute Gasteiger partial charge is 0.312 e. The number of amides is 2. The fourth-order valence-corrected chi connectivity index (χ4v) is 2.53. The van der Waals surface area contributed by atoms with E-state index in [0.29, 0.717) is 25.6 Å². The summed E-state index contributed by atoms with van der Waals surface area (Å²) in [5, 5.41) is 3.24. The van der Waals surface area contributed by atoms with Gasteiger partial charge in [0.2, 0.25) is 0 Å². The van der Waals surface area contributed by atoms with Crippen LogP contribution >= 0.6 is 0 Å². The molecule has 0 radical (unpaired) electrons. The third kappa shape index (κ3) is 2.64. The predicted molar refractivity (Wildman–Crippen MR) is 66.0 cm³/mol. The average molecular weight is 255 g/mol. The Kier molecular flexibility index (Phi) is 4.19. The lowest BCUT2D eigenvalue weighted by atomic mass is 9.98. The molecule has 102 valence electrons. The third-order valence-electron chi connectivity index (χ3n) is 3.84. The molecule has 6 heteroatoms. The van der Waals surface area contributed by atoms with Gasteiger partial charge in [-0.25, -0.2) is 0 Å². The van der Waals surface area contributed by atoms with E-state index in [9.17, 15) is 9.59 Å². The van der Waals surface area contributed by atoms with Gasteiger partial charge >= 0.3 is 11.8 Å². The first-order valence-electron chi connectivity index (χ1n) is 6.43. The molecule has 0 saturated carbocycles. The maximum Gasteiger partial charge on any atom is 0.312 e. The van der Waals surface area contributed by atoms with Crippen LogP contribution in [0.1, 0.15) is 6.42 Å². The summed E-state index contributed by atoms with van der Waals surface area (Å²) in [5.41, 5.74) is 0. The van der Waals surface area contributed by atoms with Gasteiger partial charge in [0.1, 0.15) is 0 Å². The van der Waals surface area contributed by atoms with E-state index < -0.39 is 5.91 Å². The van der Waals surface area contributed by atoms with Crippen molar-refractivity contribution in [3.8, 4) is 0 Å². The van der Waals surface area contributed by atoms with Crippen molar-refractivity contribution in [2.24, 2.45) is 5.92 Å². The molecule has 2 amide bonds. The number of likely N-dealkylation sites (N-methyl/N-ethyl adjacent to an activating group) is 2. The molecule has 2 saturated heterocycles. The number of ether oxygens (including phenoxy) is 1. The van der Waals surface area contributed by atoms with Crippen LogP contribution in [0.2, 0.25) is 0 Å². The highest BCUT2D eigenvalue weighted by molar-refractivity contribution is 6.35. The van der Waals surface area contributed by atoms with Crippen LogP contribution in [0.4, 0.5) is 0 Å². The number of nitrogens with zero attached hydrogens (tertiary/aromatic N) is 2. The van der Waals surface area contributed by atoms with Crippen molar-refractivity contribution in [1.82, 2.24) is 15.1 Å². The Morgan fingerprint density at radius 2 is 2.17 bits per heavy atom. The van der Waals surface area contributed by atoms with Crippen LogP contribution in [0.3, 0.4) is 0 Å². The number of rotatable bonds is 4. The first kappa shape index (κ1) is 13.3. The van der Waals surface area contributed by atoms with Gasteiger partial charge in [0.25, 0.3) is 0 Å². The van der Waals surface area contributed by atoms with Crippen molar-refractivity contribution in [3.63, 3.8) is 0 Å². The normalized spacial score (nSPS) is 26.9. The van der Waals surface area contributed by atoms with Gasteiger partial charge in [-0.15, -0.1) is 0 Å². The van der Waals surface area contributed by atoms with E-state index in [2.05, 4.69) is 5.32 Å². The molecule has 2 aliphatic heterocycles. The van der Waals surface area contributed by atoms with Gasteiger partial charge in [-0.05, 0) is 13.5 Å². The van der Waals surface area contributed by atoms with Gasteiger partial charge in [0, 0.05) is 45.2 Å². The maximum atomic E-state index is 11.9. The first-order valence-corrected chi connectivity index (χ1v) is 6.43. The average Bonchev–Trinajstić information content (AvgIpc) is 2.89. The second-order valence-corrected chi connectivity index (χ2v) is 5.00. The second-order valence-electron chi connectivity index (χ2n) is 5.00. The number of carbonyl (C=O) groups is 2. The molecule has 2 fully saturated rings. The summed E-state index contributed by atoms with van der Waals surface area (Å²) in [5.74, 6) is -0.362. The zero-order chi connectivity index (χ0) is 13.1. The molecule has 6 nitrogen and oxygen atoms in total. The van der Waals surface area contributed by atoms with Crippen molar-refractivity contribution in [2.75, 3.05) is 46.9 Å². The molecule has 0 spiro atoms. The molecule has 0 aromatic heterocycles. The summed E-state index contributed by atoms with van der Waals surface area (Å²) in [4.78, 5) is 26.6. The van der Waals surface area contributed by atoms with Crippen LogP contribution in [0.25, 0.3) is 0 Å². The number of nitrogens with one attached hydrogen (secondary N) is 1. The monoisotopic (exact) mass is 255 g/mol. The van der Waals surface area contributed by atoms with E-state index in [4.69, 9.17) is 4.74 Å². The summed E-state index contributed by atoms with van der Waals surface area (Å²) < 4.78 is 5.38. The predicted octanol–water partition coefficient (Wildman–Crippen LogP) is -1.09. The lowest BCUT2D eigenvalue weighted by molar-refractivity contribution is -0.155. The second kappa shape index (κ2) is 5.67. The molecule has 1 N–H and O–H groups in total. The van der Waals surface area contributed by atoms with Crippen LogP contribution < -0.4 is 5.32 Å². The molecular formula is C12H21N3O3. The van der Waals surface area contributed by atoms with Gasteiger partial charge < -0.3 is 19.9 Å². The molecule has 18 heavy (non-hydrogen) atoms. The van der Waals surface area contributed by atoms with Crippen molar-refractivity contribution < 1.29 is 14.3 Å². The summed E-state index contributed by atoms with van der Waals surface area (Å²) in [7, 11) is 3.56. The SMILES string of the molecule is CNC(CN1CCN(C)C(=O)C1=O)C1CCOC1. The minimum absolute atomic E-state index is 0.202. The lowest BCUT2D eigenvalue weighted by Gasteiger charge is -2.35. The Bertz CT molecular complexity index is 329. The summed E-state index contributed by atoms with van der Waals surface area (Å²) in [6, 6.07) is 0.202. The van der Waals surface area contributed by atoms with E-state index in [1.165, 1.54) is 4.90 Å². The van der Waals surface area contributed by atoms with E-state index >= 15 is 0 Å². The Balaban J connectivity index is 1.94. The van der Waals surface area contributed by atoms with Crippen LogP contribution in [-0.4, -0.2) is 74.6 Å². The van der Waals surface area contributed by atoms with Crippen molar-refractivity contribution in [3.05, 3.63) is 0 Å². The largest absolute Gasteiger partial charge is 0.381 e. The Morgan fingerprint density at radius 3 is 2.78 bits per heavy atom. The maximum absolute atomic E-state index is 11.9. The highest BCUT2D eigenvalue weighted by atomic mass is 16.5. The zero-order valence-corrected chi connectivity index (χ0v) is 11.0. The number of hydrogen-bond donors (Lipinski definition) is 1. The fourth-order valence-electron chi connectivity index (χ4n) is 2.53. The van der Waals surface area contributed by atoms with Crippen LogP contribution in [0.5, 0.6) is 0 Å². The molecule has 0 aromatic carbocycles. The number of piperazine rings is 1. The summed E-state index contributed by atoms with van der Waals surface area (Å²) >= 11 is 0. The third-order valence-corrected chi connectivity index (χ3v) is 3.84. The van der Waals surface area contributed by atoms with E-state index in [1.807, 2.05) is 7.05 Å². The molecule has 2 atom stereocenters. The van der Waals surface area contributed by atoms with Gasteiger partial charge in [0.05, 0.1) is 6.61 Å². The molecular weight excluding hydrogens is 234 g/mol. The molecule has 2 rings (SSSR count). The van der Waals surface area contributed by atoms with E-state index in [1.54, 1.807) is 11.9 Å². The lowest BCUT2D eigenvalue weighted by Crippen LogP contribution is -2.56. The van der Waals surface area contributed by atoms with Gasteiger partial charge in [-0.3, -0.25) is 9.59 Å². The van der Waals surface area contributed by atoms with E-state index in [-0.39, 0.29) is 11.9 Å². The van der Waals surface area contributed by atoms with Gasteiger partial charge in [0.15, 0.2) is 0 Å². The Morgan fingerprint density at radius 1 is 1.39 bits per heavy atom. The van der Waals surface area contributed by atoms with Gasteiger partial charge in [-0.2, -0.15) is 0 Å². The van der Waals surface area contributed by atoms with Crippen molar-refractivity contribution in [1.29, 1.82) is 0 Å². The summed E-state index contributed by atoms with van der Waals surface area (Å²) in [6.07, 6.45) is 1.02. The highest BCUT2D eigenvalue weighted by Crippen LogP contribution is 2.18. The fraction of sp³-hybridized carbons (Fsp3) is 0.833. The number of hydrogen-bond acceptors (Lipinski definition) is 4. The molecule has 0 bridgehead atoms. The van der Waals surface area contributed by atoms with E-state index in [0.717, 1.165) is 19.6 Å². The van der Waals surface area contributed by atoms with Crippen LogP contribution in [-0.2, 0) is 14.3 Å². The van der Waals surface area contributed by atoms with Crippen molar-refractivity contribution >= 4 is 11.8 Å². The Hall–Kier alpha value is -1.14. The Labute approximate surface area is 107 Å². The zero-order valence-electron chi connectivity index (χ0n) is 11.0. The van der Waals surface area contributed by atoms with Crippen molar-refractivity contribution in [2.45, 2.75) is 12.5 Å². The molecule has 2 aliphatic rings. The standard InChI is InChI=1S/C12H21N3O3/c1-13-10(9-3-6-18-8-9)7-15-5-4-14(2)11(16)12(15)17/h9-10,13H,3-8H2,1-2H3. The minimum Gasteiger partial charge on any atom is -0.381 e. The highest BCUT2D eigenvalue weighted by Gasteiger charge is 2.34. The minimum atomic E-state index is -0.404. The first-order chi connectivity index (χ1) is 8.63. The van der Waals surface area contributed by atoms with Gasteiger partial charge in [-0.1, -0.05) is 0 Å². The topological polar surface area (TPSA) is 61.9 Å². The molecule has 0 aromatic rings. The van der Waals surface area contributed by atoms with Crippen LogP contribution in [0.15, 0.2) is 0 Å². The summed E-state index contributed by atoms with van der Waals surface area (Å²) in [6.45, 7) is 3.35. The quantitative estimate of drug-likeness (QED) is 0.649. The molecule has 0 aliphatic carbocycles.